The van der Waals surface area contributed by atoms with Crippen LogP contribution in [0.25, 0.3) is 0 Å². The Morgan fingerprint density at radius 3 is 2.75 bits per heavy atom. The summed E-state index contributed by atoms with van der Waals surface area (Å²) in [6.07, 6.45) is -2.89. The number of hydrogen-bond donors (Lipinski definition) is 1. The van der Waals surface area contributed by atoms with Crippen molar-refractivity contribution < 1.29 is 23.4 Å². The van der Waals surface area contributed by atoms with E-state index in [-0.39, 0.29) is 18.1 Å². The molecule has 16 heavy (non-hydrogen) atoms. The summed E-state index contributed by atoms with van der Waals surface area (Å²) >= 11 is 0. The van der Waals surface area contributed by atoms with Gasteiger partial charge in [0.15, 0.2) is 0 Å². The number of nitrogens with zero attached hydrogens (tertiary/aromatic N) is 1. The monoisotopic (exact) mass is 231 g/mol. The minimum atomic E-state index is -2.89. The van der Waals surface area contributed by atoms with Crippen LogP contribution in [0.5, 0.6) is 5.75 Å². The zero-order valence-corrected chi connectivity index (χ0v) is 8.83. The van der Waals surface area contributed by atoms with Gasteiger partial charge in [-0.2, -0.15) is 0 Å². The van der Waals surface area contributed by atoms with Gasteiger partial charge in [-0.3, -0.25) is 0 Å². The molecule has 6 heteroatoms. The number of aromatic nitrogens is 1. The van der Waals surface area contributed by atoms with Gasteiger partial charge < -0.3 is 9.84 Å². The van der Waals surface area contributed by atoms with Gasteiger partial charge in [0, 0.05) is 0 Å². The fourth-order valence-corrected chi connectivity index (χ4v) is 1.15. The summed E-state index contributed by atoms with van der Waals surface area (Å²) in [5, 5.41) is 9.31. The van der Waals surface area contributed by atoms with E-state index < -0.39 is 23.7 Å². The van der Waals surface area contributed by atoms with Crippen LogP contribution in [0.1, 0.15) is 35.1 Å². The Labute approximate surface area is 90.9 Å². The Bertz CT molecular complexity index is 407. The van der Waals surface area contributed by atoms with Crippen LogP contribution in [0.3, 0.4) is 0 Å². The lowest BCUT2D eigenvalue weighted by Crippen LogP contribution is -2.10. The van der Waals surface area contributed by atoms with E-state index in [1.807, 2.05) is 0 Å². The van der Waals surface area contributed by atoms with E-state index in [0.717, 1.165) is 6.07 Å². The molecule has 1 aromatic rings. The maximum Gasteiger partial charge on any atom is 0.340 e. The van der Waals surface area contributed by atoms with Crippen molar-refractivity contribution in [2.45, 2.75) is 20.3 Å². The number of alkyl halides is 2. The number of halogens is 2. The summed E-state index contributed by atoms with van der Waals surface area (Å²) in [4.78, 5) is 14.8. The minimum Gasteiger partial charge on any atom is -0.506 e. The van der Waals surface area contributed by atoms with Crippen molar-refractivity contribution >= 4 is 5.97 Å². The van der Waals surface area contributed by atoms with Gasteiger partial charge in [0.25, 0.3) is 6.43 Å². The van der Waals surface area contributed by atoms with Crippen molar-refractivity contribution in [3.8, 4) is 5.75 Å². The van der Waals surface area contributed by atoms with Crippen molar-refractivity contribution in [2.24, 2.45) is 0 Å². The molecule has 1 rings (SSSR count). The molecule has 0 radical (unpaired) electrons. The van der Waals surface area contributed by atoms with Crippen LogP contribution in [-0.2, 0) is 4.74 Å². The molecule has 88 valence electrons. The van der Waals surface area contributed by atoms with E-state index in [4.69, 9.17) is 0 Å². The molecule has 1 aromatic heterocycles. The van der Waals surface area contributed by atoms with Crippen molar-refractivity contribution in [1.82, 2.24) is 4.98 Å². The Hall–Kier alpha value is -1.72. The number of hydrogen-bond acceptors (Lipinski definition) is 4. The van der Waals surface area contributed by atoms with Gasteiger partial charge >= 0.3 is 5.97 Å². The molecule has 0 spiro atoms. The van der Waals surface area contributed by atoms with Crippen LogP contribution in [0.15, 0.2) is 6.07 Å². The van der Waals surface area contributed by atoms with Crippen molar-refractivity contribution in [2.75, 3.05) is 6.61 Å². The molecular formula is C10H11F2NO3. The third-order valence-electron chi connectivity index (χ3n) is 1.92. The Morgan fingerprint density at radius 1 is 1.62 bits per heavy atom. The molecule has 0 aliphatic carbocycles. The number of aryl methyl sites for hydroxylation is 1. The van der Waals surface area contributed by atoms with E-state index in [1.54, 1.807) is 6.92 Å². The molecule has 0 aromatic carbocycles. The van der Waals surface area contributed by atoms with Gasteiger partial charge in [-0.1, -0.05) is 0 Å². The summed E-state index contributed by atoms with van der Waals surface area (Å²) < 4.78 is 29.8. The number of carbonyl (C=O) groups excluding carboxylic acids is 1. The van der Waals surface area contributed by atoms with Crippen molar-refractivity contribution in [3.05, 3.63) is 23.0 Å². The minimum absolute atomic E-state index is 0.0448. The highest BCUT2D eigenvalue weighted by Gasteiger charge is 2.22. The number of ether oxygens (including phenoxy) is 1. The fraction of sp³-hybridized carbons (Fsp3) is 0.400. The number of esters is 1. The third-order valence-corrected chi connectivity index (χ3v) is 1.92. The van der Waals surface area contributed by atoms with Gasteiger partial charge in [-0.15, -0.1) is 0 Å². The van der Waals surface area contributed by atoms with Crippen LogP contribution in [0.4, 0.5) is 8.78 Å². The van der Waals surface area contributed by atoms with Crippen LogP contribution in [0.2, 0.25) is 0 Å². The van der Waals surface area contributed by atoms with Gasteiger partial charge in [0.2, 0.25) is 0 Å². The molecule has 0 atom stereocenters. The third kappa shape index (κ3) is 2.44. The highest BCUT2D eigenvalue weighted by atomic mass is 19.3. The van der Waals surface area contributed by atoms with E-state index in [0.29, 0.717) is 0 Å². The first-order valence-electron chi connectivity index (χ1n) is 4.63. The molecule has 0 fully saturated rings. The molecule has 4 nitrogen and oxygen atoms in total. The highest BCUT2D eigenvalue weighted by molar-refractivity contribution is 5.91. The van der Waals surface area contributed by atoms with Crippen LogP contribution in [0, 0.1) is 6.92 Å². The molecule has 0 saturated heterocycles. The largest absolute Gasteiger partial charge is 0.506 e. The van der Waals surface area contributed by atoms with E-state index in [1.165, 1.54) is 6.92 Å². The number of pyridine rings is 1. The fourth-order valence-electron chi connectivity index (χ4n) is 1.15. The second-order valence-corrected chi connectivity index (χ2v) is 3.05. The van der Waals surface area contributed by atoms with Gasteiger partial charge in [0.1, 0.15) is 11.4 Å². The lowest BCUT2D eigenvalue weighted by molar-refractivity contribution is 0.0512. The first-order chi connectivity index (χ1) is 7.47. The topological polar surface area (TPSA) is 59.4 Å². The lowest BCUT2D eigenvalue weighted by Gasteiger charge is -2.09. The Balaban J connectivity index is 3.24. The maximum atomic E-state index is 12.6. The SMILES string of the molecule is CCOC(=O)c1cc(O)c(C)nc1C(F)F. The summed E-state index contributed by atoms with van der Waals surface area (Å²) in [7, 11) is 0. The smallest absolute Gasteiger partial charge is 0.340 e. The summed E-state index contributed by atoms with van der Waals surface area (Å²) in [6.45, 7) is 2.99. The number of carbonyl (C=O) groups is 1. The lowest BCUT2D eigenvalue weighted by atomic mass is 10.1. The molecule has 1 N–H and O–H groups in total. The first kappa shape index (κ1) is 12.4. The number of rotatable bonds is 3. The zero-order valence-electron chi connectivity index (χ0n) is 8.83. The quantitative estimate of drug-likeness (QED) is 0.810. The predicted molar refractivity (Wildman–Crippen MR) is 51.6 cm³/mol. The molecule has 0 amide bonds. The molecule has 1 heterocycles. The number of aromatic hydroxyl groups is 1. The van der Waals surface area contributed by atoms with Gasteiger partial charge in [-0.25, -0.2) is 18.6 Å². The molecule has 0 bridgehead atoms. The van der Waals surface area contributed by atoms with E-state index in [2.05, 4.69) is 9.72 Å². The summed E-state index contributed by atoms with van der Waals surface area (Å²) in [5.74, 6) is -1.23. The maximum absolute atomic E-state index is 12.6. The average molecular weight is 231 g/mol. The molecule has 0 aliphatic heterocycles. The van der Waals surface area contributed by atoms with Crippen LogP contribution >= 0.6 is 0 Å². The highest BCUT2D eigenvalue weighted by Crippen LogP contribution is 2.26. The zero-order chi connectivity index (χ0) is 12.3. The summed E-state index contributed by atoms with van der Waals surface area (Å²) in [5.41, 5.74) is -1.03. The summed E-state index contributed by atoms with van der Waals surface area (Å²) in [6, 6.07) is 0.946. The second kappa shape index (κ2) is 4.87. The second-order valence-electron chi connectivity index (χ2n) is 3.05. The van der Waals surface area contributed by atoms with E-state index >= 15 is 0 Å². The average Bonchev–Trinajstić information content (AvgIpc) is 2.21. The molecular weight excluding hydrogens is 220 g/mol. The Morgan fingerprint density at radius 2 is 2.25 bits per heavy atom. The van der Waals surface area contributed by atoms with Crippen molar-refractivity contribution in [1.29, 1.82) is 0 Å². The van der Waals surface area contributed by atoms with E-state index in [9.17, 15) is 18.7 Å². The van der Waals surface area contributed by atoms with Gasteiger partial charge in [0.05, 0.1) is 17.9 Å². The Kier molecular flexibility index (Phi) is 3.76. The molecule has 0 saturated carbocycles. The normalized spacial score (nSPS) is 10.6. The first-order valence-corrected chi connectivity index (χ1v) is 4.63. The predicted octanol–water partition coefficient (Wildman–Crippen LogP) is 2.21. The van der Waals surface area contributed by atoms with Crippen molar-refractivity contribution in [3.63, 3.8) is 0 Å². The molecule has 0 aliphatic rings. The molecule has 0 unspecified atom stereocenters. The van der Waals surface area contributed by atoms with Crippen LogP contribution < -0.4 is 0 Å². The van der Waals surface area contributed by atoms with Crippen LogP contribution in [-0.4, -0.2) is 22.7 Å². The van der Waals surface area contributed by atoms with Gasteiger partial charge in [-0.05, 0) is 19.9 Å². The standard InChI is InChI=1S/C10H11F2NO3/c1-3-16-10(15)6-4-7(14)5(2)13-8(6)9(11)12/h4,9,14H,3H2,1-2H3.